The van der Waals surface area contributed by atoms with Crippen LogP contribution < -0.4 is 5.32 Å². The van der Waals surface area contributed by atoms with Gasteiger partial charge in [0.2, 0.25) is 0 Å². The van der Waals surface area contributed by atoms with Crippen molar-refractivity contribution >= 4 is 34.0 Å². The molecule has 0 saturated carbocycles. The monoisotopic (exact) mass is 310 g/mol. The van der Waals surface area contributed by atoms with Gasteiger partial charge >= 0.3 is 5.97 Å². The summed E-state index contributed by atoms with van der Waals surface area (Å²) < 4.78 is 0. The molecule has 0 aliphatic heterocycles. The Balaban J connectivity index is 1.97. The predicted molar refractivity (Wildman–Crippen MR) is 81.6 cm³/mol. The van der Waals surface area contributed by atoms with Crippen LogP contribution in [0.25, 0.3) is 0 Å². The number of anilines is 1. The summed E-state index contributed by atoms with van der Waals surface area (Å²) in [5.41, 5.74) is 1.89. The molecule has 0 spiro atoms. The van der Waals surface area contributed by atoms with E-state index in [0.717, 1.165) is 16.4 Å². The van der Waals surface area contributed by atoms with E-state index in [1.54, 1.807) is 0 Å². The van der Waals surface area contributed by atoms with Gasteiger partial charge in [0.15, 0.2) is 5.13 Å². The molecule has 2 rings (SSSR count). The van der Waals surface area contributed by atoms with Gasteiger partial charge in [-0.25, -0.2) is 4.98 Å². The van der Waals surface area contributed by atoms with Gasteiger partial charge in [-0.2, -0.15) is 0 Å². The third-order valence-electron chi connectivity index (χ3n) is 2.84. The van der Waals surface area contributed by atoms with Crippen molar-refractivity contribution in [2.45, 2.75) is 25.8 Å². The second kappa shape index (κ2) is 6.72. The number of nitrogens with zero attached hydrogens (tertiary/aromatic N) is 1. The summed E-state index contributed by atoms with van der Waals surface area (Å²) in [7, 11) is 0. The molecule has 1 aromatic carbocycles. The molecule has 0 radical (unpaired) electrons. The fourth-order valence-electron chi connectivity index (χ4n) is 1.77. The van der Waals surface area contributed by atoms with E-state index >= 15 is 0 Å². The average Bonchev–Trinajstić information content (AvgIpc) is 2.84. The minimum Gasteiger partial charge on any atom is -0.481 e. The van der Waals surface area contributed by atoms with Crippen LogP contribution in [0.3, 0.4) is 0 Å². The van der Waals surface area contributed by atoms with Gasteiger partial charge in [-0.05, 0) is 24.6 Å². The van der Waals surface area contributed by atoms with E-state index in [4.69, 9.17) is 16.7 Å². The van der Waals surface area contributed by atoms with Crippen LogP contribution in [-0.2, 0) is 11.2 Å². The molecule has 1 unspecified atom stereocenters. The lowest BCUT2D eigenvalue weighted by atomic mass is 10.1. The minimum absolute atomic E-state index is 0.0900. The largest absolute Gasteiger partial charge is 0.481 e. The molecule has 0 amide bonds. The molecule has 20 heavy (non-hydrogen) atoms. The molecule has 0 bridgehead atoms. The number of aryl methyl sites for hydroxylation is 1. The van der Waals surface area contributed by atoms with Gasteiger partial charge in [0.1, 0.15) is 0 Å². The van der Waals surface area contributed by atoms with Crippen molar-refractivity contribution in [3.8, 4) is 0 Å². The van der Waals surface area contributed by atoms with E-state index in [0.29, 0.717) is 11.4 Å². The van der Waals surface area contributed by atoms with E-state index in [1.807, 2.05) is 36.6 Å². The maximum Gasteiger partial charge on any atom is 0.303 e. The van der Waals surface area contributed by atoms with Crippen molar-refractivity contribution in [3.63, 3.8) is 0 Å². The van der Waals surface area contributed by atoms with Crippen LogP contribution in [0.2, 0.25) is 5.02 Å². The molecule has 4 nitrogen and oxygen atoms in total. The number of hydrogen-bond donors (Lipinski definition) is 2. The van der Waals surface area contributed by atoms with Crippen molar-refractivity contribution in [1.29, 1.82) is 0 Å². The standard InChI is InChI=1S/C14H15ClN2O2S/c1-9(10-3-2-4-11(15)7-10)16-14-17-12(8-20-14)5-6-13(18)19/h2-4,7-9H,5-6H2,1H3,(H,16,17)(H,18,19). The van der Waals surface area contributed by atoms with Crippen molar-refractivity contribution in [2.24, 2.45) is 0 Å². The van der Waals surface area contributed by atoms with Crippen LogP contribution in [0.4, 0.5) is 5.13 Å². The summed E-state index contributed by atoms with van der Waals surface area (Å²) in [6, 6.07) is 7.76. The molecule has 1 aromatic heterocycles. The van der Waals surface area contributed by atoms with Gasteiger partial charge in [-0.3, -0.25) is 4.79 Å². The van der Waals surface area contributed by atoms with E-state index in [1.165, 1.54) is 11.3 Å². The number of carbonyl (C=O) groups is 1. The highest BCUT2D eigenvalue weighted by atomic mass is 35.5. The number of benzene rings is 1. The molecule has 2 N–H and O–H groups in total. The Hall–Kier alpha value is -1.59. The number of nitrogens with one attached hydrogen (secondary N) is 1. The van der Waals surface area contributed by atoms with Crippen LogP contribution in [0.5, 0.6) is 0 Å². The smallest absolute Gasteiger partial charge is 0.303 e. The van der Waals surface area contributed by atoms with Gasteiger partial charge < -0.3 is 10.4 Å². The Labute approximate surface area is 126 Å². The molecule has 6 heteroatoms. The fourth-order valence-corrected chi connectivity index (χ4v) is 2.80. The summed E-state index contributed by atoms with van der Waals surface area (Å²) >= 11 is 7.45. The molecule has 2 aromatic rings. The molecule has 0 fully saturated rings. The summed E-state index contributed by atoms with van der Waals surface area (Å²) in [6.07, 6.45) is 0.562. The van der Waals surface area contributed by atoms with E-state index in [9.17, 15) is 4.79 Å². The van der Waals surface area contributed by atoms with Crippen LogP contribution in [0.1, 0.15) is 30.6 Å². The zero-order chi connectivity index (χ0) is 14.5. The molecule has 1 atom stereocenters. The number of thiazole rings is 1. The first-order valence-electron chi connectivity index (χ1n) is 6.23. The highest BCUT2D eigenvalue weighted by molar-refractivity contribution is 7.13. The first-order valence-corrected chi connectivity index (χ1v) is 7.48. The van der Waals surface area contributed by atoms with Gasteiger partial charge in [0.05, 0.1) is 18.2 Å². The third-order valence-corrected chi connectivity index (χ3v) is 3.89. The van der Waals surface area contributed by atoms with Crippen LogP contribution in [-0.4, -0.2) is 16.1 Å². The van der Waals surface area contributed by atoms with E-state index in [2.05, 4.69) is 10.3 Å². The molecule has 0 saturated heterocycles. The molecular formula is C14H15ClN2O2S. The van der Waals surface area contributed by atoms with Crippen molar-refractivity contribution in [3.05, 3.63) is 45.9 Å². The molecular weight excluding hydrogens is 296 g/mol. The quantitative estimate of drug-likeness (QED) is 0.847. The molecule has 1 heterocycles. The zero-order valence-corrected chi connectivity index (χ0v) is 12.5. The van der Waals surface area contributed by atoms with Crippen molar-refractivity contribution < 1.29 is 9.90 Å². The number of carboxylic acid groups (broad SMARTS) is 1. The Bertz CT molecular complexity index is 600. The lowest BCUT2D eigenvalue weighted by Crippen LogP contribution is -2.06. The van der Waals surface area contributed by atoms with Crippen LogP contribution in [0, 0.1) is 0 Å². The first kappa shape index (κ1) is 14.8. The zero-order valence-electron chi connectivity index (χ0n) is 11.0. The first-order chi connectivity index (χ1) is 9.54. The summed E-state index contributed by atoms with van der Waals surface area (Å²) in [6.45, 7) is 2.03. The van der Waals surface area contributed by atoms with Gasteiger partial charge in [0.25, 0.3) is 0 Å². The van der Waals surface area contributed by atoms with Crippen LogP contribution >= 0.6 is 22.9 Å². The lowest BCUT2D eigenvalue weighted by Gasteiger charge is -2.13. The highest BCUT2D eigenvalue weighted by Gasteiger charge is 2.09. The highest BCUT2D eigenvalue weighted by Crippen LogP contribution is 2.24. The fraction of sp³-hybridized carbons (Fsp3) is 0.286. The third kappa shape index (κ3) is 4.21. The van der Waals surface area contributed by atoms with Gasteiger partial charge in [0, 0.05) is 16.8 Å². The summed E-state index contributed by atoms with van der Waals surface area (Å²) in [4.78, 5) is 14.9. The van der Waals surface area contributed by atoms with Gasteiger partial charge in [-0.15, -0.1) is 11.3 Å². The number of rotatable bonds is 6. The normalized spacial score (nSPS) is 12.1. The number of hydrogen-bond acceptors (Lipinski definition) is 4. The predicted octanol–water partition coefficient (Wildman–Crippen LogP) is 3.99. The molecule has 0 aliphatic rings. The maximum atomic E-state index is 10.5. The second-order valence-corrected chi connectivity index (χ2v) is 5.75. The lowest BCUT2D eigenvalue weighted by molar-refractivity contribution is -0.136. The number of halogens is 1. The van der Waals surface area contributed by atoms with E-state index < -0.39 is 5.97 Å². The maximum absolute atomic E-state index is 10.5. The summed E-state index contributed by atoms with van der Waals surface area (Å²) in [5.74, 6) is -0.806. The SMILES string of the molecule is CC(Nc1nc(CCC(=O)O)cs1)c1cccc(Cl)c1. The minimum atomic E-state index is -0.806. The molecule has 0 aliphatic carbocycles. The van der Waals surface area contributed by atoms with Crippen molar-refractivity contribution in [2.75, 3.05) is 5.32 Å². The van der Waals surface area contributed by atoms with Gasteiger partial charge in [-0.1, -0.05) is 23.7 Å². The van der Waals surface area contributed by atoms with Crippen LogP contribution in [0.15, 0.2) is 29.6 Å². The molecule has 106 valence electrons. The van der Waals surface area contributed by atoms with E-state index in [-0.39, 0.29) is 12.5 Å². The Kier molecular flexibility index (Phi) is 4.98. The Morgan fingerprint density at radius 1 is 1.55 bits per heavy atom. The summed E-state index contributed by atoms with van der Waals surface area (Å²) in [5, 5.41) is 15.3. The Morgan fingerprint density at radius 3 is 3.05 bits per heavy atom. The number of carboxylic acids is 1. The second-order valence-electron chi connectivity index (χ2n) is 4.46. The number of aliphatic carboxylic acids is 1. The van der Waals surface area contributed by atoms with Crippen molar-refractivity contribution in [1.82, 2.24) is 4.98 Å². The average molecular weight is 311 g/mol. The Morgan fingerprint density at radius 2 is 2.35 bits per heavy atom. The number of aromatic nitrogens is 1. The topological polar surface area (TPSA) is 62.2 Å².